The summed E-state index contributed by atoms with van der Waals surface area (Å²) in [6.07, 6.45) is 0. The molecule has 130 valence electrons. The summed E-state index contributed by atoms with van der Waals surface area (Å²) in [7, 11) is 1.57. The zero-order chi connectivity index (χ0) is 18.4. The molecule has 0 aliphatic carbocycles. The normalized spacial score (nSPS) is 10.2. The summed E-state index contributed by atoms with van der Waals surface area (Å²) in [5, 5.41) is 15.9. The molecule has 2 N–H and O–H groups in total. The van der Waals surface area contributed by atoms with Gasteiger partial charge in [0.2, 0.25) is 0 Å². The molecule has 3 aromatic rings. The number of ether oxygens (including phenoxy) is 1. The van der Waals surface area contributed by atoms with Gasteiger partial charge in [-0.25, -0.2) is 4.98 Å². The first-order valence-corrected chi connectivity index (χ1v) is 8.15. The molecule has 0 aliphatic rings. The Morgan fingerprint density at radius 1 is 1.19 bits per heavy atom. The number of amides is 1. The van der Waals surface area contributed by atoms with Crippen molar-refractivity contribution in [1.29, 1.82) is 5.26 Å². The quantitative estimate of drug-likeness (QED) is 0.717. The summed E-state index contributed by atoms with van der Waals surface area (Å²) < 4.78 is 5.37. The number of pyridine rings is 1. The zero-order valence-corrected chi connectivity index (χ0v) is 14.3. The van der Waals surface area contributed by atoms with E-state index in [1.54, 1.807) is 13.1 Å². The lowest BCUT2D eigenvalue weighted by Gasteiger charge is -2.09. The van der Waals surface area contributed by atoms with Crippen molar-refractivity contribution in [3.8, 4) is 11.8 Å². The number of anilines is 1. The third kappa shape index (κ3) is 4.08. The molecule has 6 nitrogen and oxygen atoms in total. The van der Waals surface area contributed by atoms with Gasteiger partial charge in [-0.15, -0.1) is 0 Å². The monoisotopic (exact) mass is 346 g/mol. The van der Waals surface area contributed by atoms with Crippen molar-refractivity contribution in [2.75, 3.05) is 19.0 Å². The van der Waals surface area contributed by atoms with Crippen LogP contribution in [-0.4, -0.2) is 24.5 Å². The molecule has 0 saturated heterocycles. The Hall–Kier alpha value is -3.59. The first-order chi connectivity index (χ1) is 12.7. The number of rotatable bonds is 6. The predicted octanol–water partition coefficient (Wildman–Crippen LogP) is 2.84. The fourth-order valence-corrected chi connectivity index (χ4v) is 2.48. The number of hydrogen-bond donors (Lipinski definition) is 2. The lowest BCUT2D eigenvalue weighted by atomic mass is 10.1. The van der Waals surface area contributed by atoms with Crippen molar-refractivity contribution in [2.24, 2.45) is 0 Å². The van der Waals surface area contributed by atoms with Crippen molar-refractivity contribution in [3.05, 3.63) is 65.7 Å². The number of likely N-dealkylation sites (N-methyl/N-ethyl adjacent to an activating group) is 1. The second-order valence-electron chi connectivity index (χ2n) is 5.64. The number of benzene rings is 2. The molecule has 0 atom stereocenters. The second-order valence-corrected chi connectivity index (χ2v) is 5.64. The number of carbonyl (C=O) groups excluding carboxylic acids is 1. The number of nitriles is 1. The van der Waals surface area contributed by atoms with Crippen LogP contribution in [0.25, 0.3) is 10.9 Å². The molecule has 26 heavy (non-hydrogen) atoms. The minimum atomic E-state index is -0.175. The summed E-state index contributed by atoms with van der Waals surface area (Å²) in [6, 6.07) is 19.0. The molecule has 0 unspecified atom stereocenters. The summed E-state index contributed by atoms with van der Waals surface area (Å²) in [5.74, 6) is 1.11. The number of fused-ring (bicyclic) bond motifs is 1. The van der Waals surface area contributed by atoms with E-state index in [0.29, 0.717) is 23.7 Å². The highest BCUT2D eigenvalue weighted by Gasteiger charge is 2.05. The van der Waals surface area contributed by atoms with Gasteiger partial charge in [0.15, 0.2) is 6.61 Å². The summed E-state index contributed by atoms with van der Waals surface area (Å²) in [6.45, 7) is 0.554. The molecule has 3 rings (SSSR count). The molecule has 2 aromatic carbocycles. The number of para-hydroxylation sites is 1. The Morgan fingerprint density at radius 3 is 2.69 bits per heavy atom. The molecule has 1 amide bonds. The molecule has 0 aliphatic heterocycles. The minimum absolute atomic E-state index is 0.00789. The van der Waals surface area contributed by atoms with Gasteiger partial charge in [0.05, 0.1) is 17.1 Å². The van der Waals surface area contributed by atoms with Gasteiger partial charge in [-0.05, 0) is 29.8 Å². The van der Waals surface area contributed by atoms with Crippen LogP contribution in [0.4, 0.5) is 5.82 Å². The molecule has 0 fully saturated rings. The van der Waals surface area contributed by atoms with Crippen molar-refractivity contribution in [2.45, 2.75) is 6.54 Å². The molecule has 6 heteroatoms. The number of nitrogens with one attached hydrogen (secondary N) is 2. The van der Waals surface area contributed by atoms with Gasteiger partial charge in [-0.2, -0.15) is 5.26 Å². The summed E-state index contributed by atoms with van der Waals surface area (Å²) >= 11 is 0. The van der Waals surface area contributed by atoms with Crippen molar-refractivity contribution in [1.82, 2.24) is 10.3 Å². The van der Waals surface area contributed by atoms with Gasteiger partial charge in [-0.3, -0.25) is 4.79 Å². The van der Waals surface area contributed by atoms with Crippen molar-refractivity contribution >= 4 is 22.6 Å². The molecule has 1 heterocycles. The van der Waals surface area contributed by atoms with Crippen LogP contribution in [0.2, 0.25) is 0 Å². The lowest BCUT2D eigenvalue weighted by Crippen LogP contribution is -2.24. The first-order valence-electron chi connectivity index (χ1n) is 8.15. The highest BCUT2D eigenvalue weighted by Crippen LogP contribution is 2.20. The van der Waals surface area contributed by atoms with E-state index in [9.17, 15) is 10.1 Å². The Labute approximate surface area is 151 Å². The maximum atomic E-state index is 11.2. The van der Waals surface area contributed by atoms with Crippen LogP contribution in [0.15, 0.2) is 54.6 Å². The van der Waals surface area contributed by atoms with Crippen LogP contribution >= 0.6 is 0 Å². The molecular formula is C20H18N4O2. The SMILES string of the molecule is CNC(=O)COc1ccc(CNc2cc(C#N)c3ccccc3n2)cc1. The van der Waals surface area contributed by atoms with Crippen molar-refractivity contribution in [3.63, 3.8) is 0 Å². The van der Waals surface area contributed by atoms with E-state index in [0.717, 1.165) is 16.5 Å². The maximum Gasteiger partial charge on any atom is 0.257 e. The van der Waals surface area contributed by atoms with Gasteiger partial charge >= 0.3 is 0 Å². The lowest BCUT2D eigenvalue weighted by molar-refractivity contribution is -0.122. The van der Waals surface area contributed by atoms with Crippen molar-refractivity contribution < 1.29 is 9.53 Å². The van der Waals surface area contributed by atoms with E-state index in [1.807, 2.05) is 48.5 Å². The van der Waals surface area contributed by atoms with Crippen LogP contribution in [0, 0.1) is 11.3 Å². The largest absolute Gasteiger partial charge is 0.484 e. The second kappa shape index (κ2) is 7.99. The fourth-order valence-electron chi connectivity index (χ4n) is 2.48. The number of aromatic nitrogens is 1. The first kappa shape index (κ1) is 17.2. The van der Waals surface area contributed by atoms with E-state index < -0.39 is 0 Å². The Balaban J connectivity index is 1.66. The predicted molar refractivity (Wildman–Crippen MR) is 99.8 cm³/mol. The van der Waals surface area contributed by atoms with Crippen LogP contribution < -0.4 is 15.4 Å². The third-order valence-electron chi connectivity index (χ3n) is 3.88. The molecule has 0 radical (unpaired) electrons. The highest BCUT2D eigenvalue weighted by molar-refractivity contribution is 5.86. The topological polar surface area (TPSA) is 87.0 Å². The molecule has 0 bridgehead atoms. The fraction of sp³-hybridized carbons (Fsp3) is 0.150. The molecule has 1 aromatic heterocycles. The Morgan fingerprint density at radius 2 is 1.96 bits per heavy atom. The van der Waals surface area contributed by atoms with Crippen LogP contribution in [0.5, 0.6) is 5.75 Å². The Kier molecular flexibility index (Phi) is 5.30. The average Bonchev–Trinajstić information content (AvgIpc) is 2.70. The average molecular weight is 346 g/mol. The number of nitrogens with zero attached hydrogens (tertiary/aromatic N) is 2. The van der Waals surface area contributed by atoms with Gasteiger partial charge in [0, 0.05) is 19.0 Å². The molecule has 0 spiro atoms. The standard InChI is InChI=1S/C20H18N4O2/c1-22-20(25)13-26-16-8-6-14(7-9-16)12-23-19-10-15(11-21)17-4-2-3-5-18(17)24-19/h2-10H,12-13H2,1H3,(H,22,25)(H,23,24). The smallest absolute Gasteiger partial charge is 0.257 e. The van der Waals surface area contributed by atoms with E-state index in [4.69, 9.17) is 4.74 Å². The summed E-state index contributed by atoms with van der Waals surface area (Å²) in [4.78, 5) is 15.7. The van der Waals surface area contributed by atoms with Gasteiger partial charge < -0.3 is 15.4 Å². The number of hydrogen-bond acceptors (Lipinski definition) is 5. The third-order valence-corrected chi connectivity index (χ3v) is 3.88. The number of carbonyl (C=O) groups is 1. The van der Waals surface area contributed by atoms with Crippen LogP contribution in [0.3, 0.4) is 0 Å². The highest BCUT2D eigenvalue weighted by atomic mass is 16.5. The van der Waals surface area contributed by atoms with E-state index >= 15 is 0 Å². The Bertz CT molecular complexity index is 962. The van der Waals surface area contributed by atoms with Crippen LogP contribution in [-0.2, 0) is 11.3 Å². The van der Waals surface area contributed by atoms with Gasteiger partial charge in [0.25, 0.3) is 5.91 Å². The zero-order valence-electron chi connectivity index (χ0n) is 14.3. The van der Waals surface area contributed by atoms with Gasteiger partial charge in [-0.1, -0.05) is 30.3 Å². The van der Waals surface area contributed by atoms with Crippen LogP contribution in [0.1, 0.15) is 11.1 Å². The van der Waals surface area contributed by atoms with Gasteiger partial charge in [0.1, 0.15) is 11.6 Å². The van der Waals surface area contributed by atoms with E-state index in [2.05, 4.69) is 21.7 Å². The summed E-state index contributed by atoms with van der Waals surface area (Å²) in [5.41, 5.74) is 2.41. The minimum Gasteiger partial charge on any atom is -0.484 e. The maximum absolute atomic E-state index is 11.2. The molecule has 0 saturated carbocycles. The molecular weight excluding hydrogens is 328 g/mol. The van der Waals surface area contributed by atoms with E-state index in [1.165, 1.54) is 0 Å². The van der Waals surface area contributed by atoms with E-state index in [-0.39, 0.29) is 12.5 Å².